The van der Waals surface area contributed by atoms with Crippen molar-refractivity contribution in [1.29, 1.82) is 0 Å². The zero-order valence-electron chi connectivity index (χ0n) is 18.5. The second-order valence-electron chi connectivity index (χ2n) is 7.81. The lowest BCUT2D eigenvalue weighted by Crippen LogP contribution is -2.35. The van der Waals surface area contributed by atoms with Crippen LogP contribution in [0.5, 0.6) is 5.75 Å². The maximum atomic E-state index is 12.7. The number of anilines is 2. The fourth-order valence-corrected chi connectivity index (χ4v) is 3.53. The monoisotopic (exact) mass is 458 g/mol. The van der Waals surface area contributed by atoms with Crippen molar-refractivity contribution < 1.29 is 19.4 Å². The van der Waals surface area contributed by atoms with Gasteiger partial charge in [-0.2, -0.15) is 0 Å². The predicted molar refractivity (Wildman–Crippen MR) is 131 cm³/mol. The van der Waals surface area contributed by atoms with Crippen LogP contribution in [0.25, 0.3) is 0 Å². The summed E-state index contributed by atoms with van der Waals surface area (Å²) in [6.07, 6.45) is 0.194. The van der Waals surface area contributed by atoms with E-state index in [1.54, 1.807) is 36.4 Å². The Morgan fingerprint density at radius 1 is 1.00 bits per heavy atom. The van der Waals surface area contributed by atoms with Crippen molar-refractivity contribution in [1.82, 2.24) is 5.32 Å². The maximum Gasteiger partial charge on any atom is 0.307 e. The Hall–Kier alpha value is -4.33. The first-order valence-electron chi connectivity index (χ1n) is 11.1. The van der Waals surface area contributed by atoms with E-state index in [4.69, 9.17) is 4.74 Å². The molecular formula is C26H26N4O4. The molecular weight excluding hydrogens is 432 g/mol. The highest BCUT2D eigenvalue weighted by Crippen LogP contribution is 2.27. The molecule has 1 amide bonds. The van der Waals surface area contributed by atoms with Crippen LogP contribution in [0.4, 0.5) is 11.4 Å². The van der Waals surface area contributed by atoms with Crippen molar-refractivity contribution in [2.24, 2.45) is 4.99 Å². The first-order valence-corrected chi connectivity index (χ1v) is 11.1. The molecule has 8 nitrogen and oxygen atoms in total. The Bertz CT molecular complexity index is 1160. The fraction of sp³-hybridized carbons (Fsp3) is 0.192. The minimum Gasteiger partial charge on any atom is -0.485 e. The van der Waals surface area contributed by atoms with E-state index >= 15 is 0 Å². The van der Waals surface area contributed by atoms with E-state index in [-0.39, 0.29) is 12.3 Å². The molecule has 3 aromatic rings. The van der Waals surface area contributed by atoms with Crippen molar-refractivity contribution in [3.63, 3.8) is 0 Å². The number of hydrogen-bond donors (Lipinski definition) is 4. The van der Waals surface area contributed by atoms with E-state index in [1.165, 1.54) is 0 Å². The van der Waals surface area contributed by atoms with Crippen LogP contribution < -0.4 is 20.7 Å². The van der Waals surface area contributed by atoms with E-state index in [1.807, 2.05) is 42.5 Å². The summed E-state index contributed by atoms with van der Waals surface area (Å²) >= 11 is 0. The molecule has 174 valence electrons. The van der Waals surface area contributed by atoms with E-state index in [9.17, 15) is 14.7 Å². The molecule has 1 aliphatic heterocycles. The van der Waals surface area contributed by atoms with Crippen LogP contribution in [0.1, 0.15) is 34.9 Å². The minimum absolute atomic E-state index is 0.178. The Kier molecular flexibility index (Phi) is 7.39. The number of carboxylic acid groups (broad SMARTS) is 1. The summed E-state index contributed by atoms with van der Waals surface area (Å²) in [6, 6.07) is 23.2. The first kappa shape index (κ1) is 22.8. The highest BCUT2D eigenvalue weighted by molar-refractivity contribution is 6.04. The van der Waals surface area contributed by atoms with Crippen molar-refractivity contribution in [3.8, 4) is 5.75 Å². The van der Waals surface area contributed by atoms with Gasteiger partial charge in [0, 0.05) is 36.1 Å². The number of ether oxygens (including phenoxy) is 1. The molecule has 0 saturated carbocycles. The van der Waals surface area contributed by atoms with Crippen LogP contribution in [-0.2, 0) is 4.79 Å². The van der Waals surface area contributed by atoms with E-state index in [0.29, 0.717) is 17.0 Å². The molecule has 1 aliphatic rings. The third-order valence-electron chi connectivity index (χ3n) is 5.21. The third kappa shape index (κ3) is 6.35. The SMILES string of the molecule is O=C(O)CC(Oc1cccc(NC(=O)c2ccc(NC3=NCCCN3)cc2)c1)c1ccccc1. The zero-order chi connectivity index (χ0) is 23.8. The zero-order valence-corrected chi connectivity index (χ0v) is 18.5. The number of carboxylic acids is 1. The van der Waals surface area contributed by atoms with Gasteiger partial charge in [0.2, 0.25) is 0 Å². The first-order chi connectivity index (χ1) is 16.6. The standard InChI is InChI=1S/C26H26N4O4/c31-24(32)17-23(18-6-2-1-3-7-18)34-22-9-4-8-21(16-22)29-25(33)19-10-12-20(13-11-19)30-26-27-14-5-15-28-26/h1-4,6-13,16,23H,5,14-15,17H2,(H,29,33)(H,31,32)(H2,27,28,30). The molecule has 0 aliphatic carbocycles. The Balaban J connectivity index is 1.40. The lowest BCUT2D eigenvalue weighted by Gasteiger charge is -2.18. The van der Waals surface area contributed by atoms with Gasteiger partial charge in [-0.1, -0.05) is 36.4 Å². The number of rotatable bonds is 8. The number of carbonyl (C=O) groups is 2. The number of amides is 1. The summed E-state index contributed by atoms with van der Waals surface area (Å²) < 4.78 is 5.97. The van der Waals surface area contributed by atoms with E-state index in [2.05, 4.69) is 20.9 Å². The average molecular weight is 459 g/mol. The molecule has 1 atom stereocenters. The van der Waals surface area contributed by atoms with Gasteiger partial charge in [0.05, 0.1) is 6.42 Å². The molecule has 0 radical (unpaired) electrons. The molecule has 0 spiro atoms. The number of carbonyl (C=O) groups excluding carboxylic acids is 1. The quantitative estimate of drug-likeness (QED) is 0.401. The van der Waals surface area contributed by atoms with Crippen molar-refractivity contribution in [2.45, 2.75) is 18.9 Å². The molecule has 1 unspecified atom stereocenters. The van der Waals surface area contributed by atoms with Gasteiger partial charge in [0.25, 0.3) is 5.91 Å². The summed E-state index contributed by atoms with van der Waals surface area (Å²) in [6.45, 7) is 1.68. The highest BCUT2D eigenvalue weighted by Gasteiger charge is 2.18. The van der Waals surface area contributed by atoms with Crippen LogP contribution in [-0.4, -0.2) is 36.0 Å². The number of aliphatic carboxylic acids is 1. The largest absolute Gasteiger partial charge is 0.485 e. The number of nitrogens with one attached hydrogen (secondary N) is 3. The average Bonchev–Trinajstić information content (AvgIpc) is 2.85. The van der Waals surface area contributed by atoms with Crippen LogP contribution in [0.15, 0.2) is 83.9 Å². The molecule has 4 N–H and O–H groups in total. The fourth-order valence-electron chi connectivity index (χ4n) is 3.53. The van der Waals surface area contributed by atoms with Crippen LogP contribution in [0.3, 0.4) is 0 Å². The normalized spacial score (nSPS) is 13.7. The lowest BCUT2D eigenvalue weighted by atomic mass is 10.1. The third-order valence-corrected chi connectivity index (χ3v) is 5.21. The van der Waals surface area contributed by atoms with Crippen molar-refractivity contribution in [3.05, 3.63) is 90.0 Å². The van der Waals surface area contributed by atoms with Gasteiger partial charge >= 0.3 is 5.97 Å². The van der Waals surface area contributed by atoms with Crippen molar-refractivity contribution >= 4 is 29.2 Å². The molecule has 0 saturated heterocycles. The van der Waals surface area contributed by atoms with Gasteiger partial charge in [0.15, 0.2) is 5.96 Å². The second-order valence-corrected chi connectivity index (χ2v) is 7.81. The topological polar surface area (TPSA) is 112 Å². The summed E-state index contributed by atoms with van der Waals surface area (Å²) in [7, 11) is 0. The number of nitrogens with zero attached hydrogens (tertiary/aromatic N) is 1. The van der Waals surface area contributed by atoms with Crippen LogP contribution in [0.2, 0.25) is 0 Å². The summed E-state index contributed by atoms with van der Waals surface area (Å²) in [4.78, 5) is 28.4. The molecule has 4 rings (SSSR count). The van der Waals surface area contributed by atoms with Crippen LogP contribution >= 0.6 is 0 Å². The smallest absolute Gasteiger partial charge is 0.307 e. The number of aliphatic imine (C=N–C) groups is 1. The summed E-state index contributed by atoms with van der Waals surface area (Å²) in [5.74, 6) is -0.0188. The second kappa shape index (κ2) is 11.0. The molecule has 8 heteroatoms. The molecule has 0 fully saturated rings. The molecule has 0 aromatic heterocycles. The number of benzene rings is 3. The van der Waals surface area contributed by atoms with Gasteiger partial charge in [-0.15, -0.1) is 0 Å². The maximum absolute atomic E-state index is 12.7. The number of hydrogen-bond acceptors (Lipinski definition) is 6. The Morgan fingerprint density at radius 2 is 1.79 bits per heavy atom. The van der Waals surface area contributed by atoms with E-state index in [0.717, 1.165) is 36.7 Å². The summed E-state index contributed by atoms with van der Waals surface area (Å²) in [5.41, 5.74) is 2.66. The Morgan fingerprint density at radius 3 is 2.50 bits per heavy atom. The van der Waals surface area contributed by atoms with Gasteiger partial charge in [-0.3, -0.25) is 14.6 Å². The minimum atomic E-state index is -0.956. The molecule has 34 heavy (non-hydrogen) atoms. The highest BCUT2D eigenvalue weighted by atomic mass is 16.5. The Labute approximate surface area is 197 Å². The van der Waals surface area contributed by atoms with Crippen molar-refractivity contribution in [2.75, 3.05) is 23.7 Å². The molecule has 0 bridgehead atoms. The molecule has 1 heterocycles. The van der Waals surface area contributed by atoms with Gasteiger partial charge in [0.1, 0.15) is 11.9 Å². The number of guanidine groups is 1. The predicted octanol–water partition coefficient (Wildman–Crippen LogP) is 4.29. The van der Waals surface area contributed by atoms with E-state index < -0.39 is 12.1 Å². The molecule has 3 aromatic carbocycles. The van der Waals surface area contributed by atoms with Crippen LogP contribution in [0, 0.1) is 0 Å². The lowest BCUT2D eigenvalue weighted by molar-refractivity contribution is -0.138. The van der Waals surface area contributed by atoms with Gasteiger partial charge < -0.3 is 25.8 Å². The van der Waals surface area contributed by atoms with Gasteiger partial charge in [-0.25, -0.2) is 0 Å². The van der Waals surface area contributed by atoms with Gasteiger partial charge in [-0.05, 0) is 48.4 Å². The summed E-state index contributed by atoms with van der Waals surface area (Å²) in [5, 5.41) is 18.5.